The van der Waals surface area contributed by atoms with Gasteiger partial charge in [-0.25, -0.2) is 22.3 Å². The minimum absolute atomic E-state index is 0.217. The van der Waals surface area contributed by atoms with Crippen LogP contribution in [0.2, 0.25) is 0 Å². The molecule has 1 saturated heterocycles. The molecule has 1 aliphatic heterocycles. The summed E-state index contributed by atoms with van der Waals surface area (Å²) in [7, 11) is -1.88. The summed E-state index contributed by atoms with van der Waals surface area (Å²) in [6, 6.07) is 7.43. The molecule has 1 aliphatic rings. The molecule has 1 fully saturated rings. The molecule has 2 heterocycles. The maximum absolute atomic E-state index is 12.3. The summed E-state index contributed by atoms with van der Waals surface area (Å²) < 4.78 is 46.8. The third kappa shape index (κ3) is 7.18. The standard InChI is InChI=1S/C23H28BrNO8S2/c1-4-31-18(26)14-33-20-19(24)21(34-22(20)23(27)30-2)16-6-5-7-17(12-16)32-13-15-8-10-25(11-9-15)35(3,28)29/h5-7,12,15H,4,8-11,13-14H2,1-3H3. The lowest BCUT2D eigenvalue weighted by Gasteiger charge is -2.30. The van der Waals surface area contributed by atoms with Crippen molar-refractivity contribution < 1.29 is 37.0 Å². The van der Waals surface area contributed by atoms with Crippen molar-refractivity contribution in [1.82, 2.24) is 4.31 Å². The fourth-order valence-corrected chi connectivity index (χ4v) is 6.46. The van der Waals surface area contributed by atoms with Gasteiger partial charge in [0.15, 0.2) is 17.2 Å². The monoisotopic (exact) mass is 589 g/mol. The number of hydrogen-bond acceptors (Lipinski definition) is 9. The van der Waals surface area contributed by atoms with Crippen LogP contribution in [-0.4, -0.2) is 70.9 Å². The Hall–Kier alpha value is -2.15. The van der Waals surface area contributed by atoms with Gasteiger partial charge in [-0.15, -0.1) is 11.3 Å². The first-order valence-electron chi connectivity index (χ1n) is 11.0. The minimum atomic E-state index is -3.16. The molecule has 0 atom stereocenters. The lowest BCUT2D eigenvalue weighted by atomic mass is 9.99. The number of halogens is 1. The summed E-state index contributed by atoms with van der Waals surface area (Å²) in [6.45, 7) is 3.07. The Balaban J connectivity index is 1.73. The van der Waals surface area contributed by atoms with E-state index in [0.29, 0.717) is 29.9 Å². The molecule has 2 aromatic rings. The van der Waals surface area contributed by atoms with Crippen molar-refractivity contribution in [2.45, 2.75) is 19.8 Å². The van der Waals surface area contributed by atoms with Gasteiger partial charge in [0.1, 0.15) is 5.75 Å². The molecule has 12 heteroatoms. The predicted molar refractivity (Wildman–Crippen MR) is 136 cm³/mol. The van der Waals surface area contributed by atoms with Crippen LogP contribution in [0.1, 0.15) is 29.4 Å². The lowest BCUT2D eigenvalue weighted by Crippen LogP contribution is -2.39. The topological polar surface area (TPSA) is 108 Å². The van der Waals surface area contributed by atoms with Crippen LogP contribution < -0.4 is 9.47 Å². The Morgan fingerprint density at radius 3 is 2.54 bits per heavy atom. The fraction of sp³-hybridized carbons (Fsp3) is 0.478. The molecule has 0 aliphatic carbocycles. The summed E-state index contributed by atoms with van der Waals surface area (Å²) >= 11 is 4.68. The Labute approximate surface area is 217 Å². The summed E-state index contributed by atoms with van der Waals surface area (Å²) in [5.74, 6) is 0.0177. The summed E-state index contributed by atoms with van der Waals surface area (Å²) in [5.41, 5.74) is 0.794. The molecule has 35 heavy (non-hydrogen) atoms. The maximum Gasteiger partial charge on any atom is 0.351 e. The lowest BCUT2D eigenvalue weighted by molar-refractivity contribution is -0.145. The number of ether oxygens (including phenoxy) is 4. The van der Waals surface area contributed by atoms with Crippen molar-refractivity contribution in [3.8, 4) is 21.9 Å². The van der Waals surface area contributed by atoms with Gasteiger partial charge >= 0.3 is 11.9 Å². The van der Waals surface area contributed by atoms with E-state index >= 15 is 0 Å². The number of rotatable bonds is 10. The van der Waals surface area contributed by atoms with Crippen molar-refractivity contribution in [2.24, 2.45) is 5.92 Å². The third-order valence-electron chi connectivity index (χ3n) is 5.44. The second kappa shape index (κ2) is 12.2. The zero-order valence-corrected chi connectivity index (χ0v) is 23.0. The molecular formula is C23H28BrNO8S2. The number of benzene rings is 1. The van der Waals surface area contributed by atoms with Gasteiger partial charge < -0.3 is 18.9 Å². The van der Waals surface area contributed by atoms with Crippen LogP contribution in [0.3, 0.4) is 0 Å². The second-order valence-corrected chi connectivity index (χ2v) is 11.7. The smallest absolute Gasteiger partial charge is 0.351 e. The average molecular weight is 591 g/mol. The average Bonchev–Trinajstić information content (AvgIpc) is 3.17. The van der Waals surface area contributed by atoms with Crippen LogP contribution in [0.5, 0.6) is 11.5 Å². The minimum Gasteiger partial charge on any atom is -0.493 e. The van der Waals surface area contributed by atoms with Crippen LogP contribution in [-0.2, 0) is 24.3 Å². The van der Waals surface area contributed by atoms with E-state index in [1.54, 1.807) is 6.92 Å². The molecule has 0 spiro atoms. The van der Waals surface area contributed by atoms with Gasteiger partial charge in [0.05, 0.1) is 35.9 Å². The zero-order chi connectivity index (χ0) is 25.6. The summed E-state index contributed by atoms with van der Waals surface area (Å²) in [6.07, 6.45) is 2.72. The quantitative estimate of drug-likeness (QED) is 0.383. The highest BCUT2D eigenvalue weighted by molar-refractivity contribution is 9.10. The van der Waals surface area contributed by atoms with E-state index in [0.717, 1.165) is 23.3 Å². The Morgan fingerprint density at radius 2 is 1.91 bits per heavy atom. The Morgan fingerprint density at radius 1 is 1.20 bits per heavy atom. The number of sulfonamides is 1. The number of nitrogens with zero attached hydrogens (tertiary/aromatic N) is 1. The largest absolute Gasteiger partial charge is 0.493 e. The highest BCUT2D eigenvalue weighted by atomic mass is 79.9. The zero-order valence-electron chi connectivity index (χ0n) is 19.7. The van der Waals surface area contributed by atoms with Crippen molar-refractivity contribution >= 4 is 49.2 Å². The van der Waals surface area contributed by atoms with Gasteiger partial charge in [0, 0.05) is 13.1 Å². The highest BCUT2D eigenvalue weighted by Crippen LogP contribution is 2.46. The van der Waals surface area contributed by atoms with E-state index in [4.69, 9.17) is 18.9 Å². The maximum atomic E-state index is 12.3. The molecule has 0 bridgehead atoms. The van der Waals surface area contributed by atoms with Gasteiger partial charge in [0.25, 0.3) is 0 Å². The molecule has 3 rings (SSSR count). The van der Waals surface area contributed by atoms with Crippen LogP contribution in [0.15, 0.2) is 28.7 Å². The van der Waals surface area contributed by atoms with Gasteiger partial charge in [-0.3, -0.25) is 0 Å². The number of carbonyl (C=O) groups is 2. The SMILES string of the molecule is CCOC(=O)COc1c(C(=O)OC)sc(-c2cccc(OCC3CCN(S(C)(=O)=O)CC3)c2)c1Br. The van der Waals surface area contributed by atoms with Crippen LogP contribution >= 0.6 is 27.3 Å². The highest BCUT2D eigenvalue weighted by Gasteiger charge is 2.27. The number of esters is 2. The predicted octanol–water partition coefficient (Wildman–Crippen LogP) is 3.96. The number of carbonyl (C=O) groups excluding carboxylic acids is 2. The van der Waals surface area contributed by atoms with E-state index in [2.05, 4.69) is 15.9 Å². The van der Waals surface area contributed by atoms with Gasteiger partial charge in [-0.2, -0.15) is 0 Å². The molecule has 192 valence electrons. The van der Waals surface area contributed by atoms with Crippen molar-refractivity contribution in [3.05, 3.63) is 33.6 Å². The molecule has 1 aromatic heterocycles. The van der Waals surface area contributed by atoms with E-state index in [-0.39, 0.29) is 29.8 Å². The van der Waals surface area contributed by atoms with Crippen LogP contribution in [0, 0.1) is 5.92 Å². The summed E-state index contributed by atoms with van der Waals surface area (Å²) in [4.78, 5) is 25.0. The molecular weight excluding hydrogens is 562 g/mol. The number of piperidine rings is 1. The van der Waals surface area contributed by atoms with Crippen molar-refractivity contribution in [3.63, 3.8) is 0 Å². The fourth-order valence-electron chi connectivity index (χ4n) is 3.62. The van der Waals surface area contributed by atoms with Crippen LogP contribution in [0.25, 0.3) is 10.4 Å². The molecule has 0 unspecified atom stereocenters. The Bertz CT molecular complexity index is 1160. The number of thiophene rings is 1. The van der Waals surface area contributed by atoms with Crippen molar-refractivity contribution in [1.29, 1.82) is 0 Å². The molecule has 1 aromatic carbocycles. The molecule has 0 saturated carbocycles. The molecule has 0 amide bonds. The summed E-state index contributed by atoms with van der Waals surface area (Å²) in [5, 5.41) is 0. The number of hydrogen-bond donors (Lipinski definition) is 0. The Kier molecular flexibility index (Phi) is 9.56. The first kappa shape index (κ1) is 27.4. The molecule has 0 N–H and O–H groups in total. The first-order chi connectivity index (χ1) is 16.6. The molecule has 9 nitrogen and oxygen atoms in total. The van der Waals surface area contributed by atoms with E-state index in [1.807, 2.05) is 24.3 Å². The first-order valence-corrected chi connectivity index (χ1v) is 14.5. The van der Waals surface area contributed by atoms with Crippen molar-refractivity contribution in [2.75, 3.05) is 46.3 Å². The van der Waals surface area contributed by atoms with Gasteiger partial charge in [0.2, 0.25) is 10.0 Å². The van der Waals surface area contributed by atoms with Crippen LogP contribution in [0.4, 0.5) is 0 Å². The third-order valence-corrected chi connectivity index (χ3v) is 8.97. The normalized spacial score (nSPS) is 15.0. The molecule has 0 radical (unpaired) electrons. The number of methoxy groups -OCH3 is 1. The van der Waals surface area contributed by atoms with Gasteiger partial charge in [-0.1, -0.05) is 12.1 Å². The van der Waals surface area contributed by atoms with Gasteiger partial charge in [-0.05, 0) is 59.3 Å². The van der Waals surface area contributed by atoms with E-state index in [9.17, 15) is 18.0 Å². The second-order valence-electron chi connectivity index (χ2n) is 7.93. The van der Waals surface area contributed by atoms with E-state index in [1.165, 1.54) is 29.0 Å². The van der Waals surface area contributed by atoms with E-state index < -0.39 is 22.0 Å².